The molecule has 1 rings (SSSR count). The summed E-state index contributed by atoms with van der Waals surface area (Å²) in [7, 11) is -3.33. The van der Waals surface area contributed by atoms with Crippen LogP contribution in [0.1, 0.15) is 10.4 Å². The topological polar surface area (TPSA) is 86.5 Å². The van der Waals surface area contributed by atoms with E-state index < -0.39 is 42.3 Å². The molecule has 9 heteroatoms. The normalized spacial score (nSPS) is 11.4. The minimum Gasteiger partial charge on any atom is -0.465 e. The van der Waals surface area contributed by atoms with Gasteiger partial charge < -0.3 is 4.74 Å². The zero-order valence-electron chi connectivity index (χ0n) is 8.33. The first kappa shape index (κ1) is 14.2. The van der Waals surface area contributed by atoms with E-state index >= 15 is 0 Å². The molecule has 1 aromatic rings. The highest BCUT2D eigenvalue weighted by atomic mass is 35.5. The Balaban J connectivity index is 3.73. The number of rotatable bonds is 2. The Hall–Kier alpha value is -0.890. The van der Waals surface area contributed by atoms with Crippen molar-refractivity contribution in [2.75, 3.05) is 7.11 Å². The lowest BCUT2D eigenvalue weighted by atomic mass is 10.2. The fourth-order valence-electron chi connectivity index (χ4n) is 1.09. The van der Waals surface area contributed by atoms with Gasteiger partial charge in [-0.3, -0.25) is 0 Å². The predicted molar refractivity (Wildman–Crippen MR) is 59.1 cm³/mol. The zero-order chi connectivity index (χ0) is 13.4. The molecule has 1 aromatic carbocycles. The van der Waals surface area contributed by atoms with Gasteiger partial charge in [0.25, 0.3) is 0 Å². The lowest BCUT2D eigenvalue weighted by Gasteiger charge is -2.09. The summed E-state index contributed by atoms with van der Waals surface area (Å²) in [5.74, 6) is -2.14. The number of carbonyl (C=O) groups is 1. The van der Waals surface area contributed by atoms with E-state index in [0.29, 0.717) is 6.07 Å². The van der Waals surface area contributed by atoms with E-state index in [0.717, 1.165) is 7.11 Å². The molecule has 0 spiro atoms. The third kappa shape index (κ3) is 2.68. The van der Waals surface area contributed by atoms with Gasteiger partial charge in [-0.05, 0) is 6.07 Å². The van der Waals surface area contributed by atoms with Crippen molar-refractivity contribution in [1.29, 1.82) is 0 Å². The van der Waals surface area contributed by atoms with Gasteiger partial charge in [0.1, 0.15) is 10.7 Å². The lowest BCUT2D eigenvalue weighted by molar-refractivity contribution is 0.0600. The summed E-state index contributed by atoms with van der Waals surface area (Å²) in [6.45, 7) is 0. The number of esters is 1. The first-order valence-electron chi connectivity index (χ1n) is 3.98. The molecule has 5 nitrogen and oxygen atoms in total. The molecular weight excluding hydrogens is 296 g/mol. The van der Waals surface area contributed by atoms with Crippen molar-refractivity contribution in [2.24, 2.45) is 5.14 Å². The van der Waals surface area contributed by atoms with Crippen molar-refractivity contribution >= 4 is 39.2 Å². The second kappa shape index (κ2) is 4.77. The highest BCUT2D eigenvalue weighted by Gasteiger charge is 2.26. The van der Waals surface area contributed by atoms with Crippen molar-refractivity contribution in [2.45, 2.75) is 4.90 Å². The van der Waals surface area contributed by atoms with E-state index in [9.17, 15) is 17.6 Å². The Bertz CT molecular complexity index is 588. The molecule has 0 aliphatic rings. The minimum absolute atomic E-state index is 0.472. The Kier molecular flexibility index (Phi) is 3.98. The number of halogens is 3. The smallest absolute Gasteiger partial charge is 0.339 e. The fourth-order valence-corrected chi connectivity index (χ4v) is 2.86. The molecule has 0 amide bonds. The molecule has 0 radical (unpaired) electrons. The molecule has 0 saturated heterocycles. The number of carbonyl (C=O) groups excluding carboxylic acids is 1. The summed E-state index contributed by atoms with van der Waals surface area (Å²) in [6.07, 6.45) is 0. The summed E-state index contributed by atoms with van der Waals surface area (Å²) >= 11 is 11.1. The van der Waals surface area contributed by atoms with Crippen molar-refractivity contribution in [3.63, 3.8) is 0 Å². The number of ether oxygens (including phenoxy) is 1. The van der Waals surface area contributed by atoms with Crippen LogP contribution in [-0.4, -0.2) is 21.5 Å². The van der Waals surface area contributed by atoms with E-state index in [1.165, 1.54) is 0 Å². The van der Waals surface area contributed by atoms with Crippen LogP contribution < -0.4 is 5.14 Å². The molecule has 2 N–H and O–H groups in total. The Labute approximate surface area is 106 Å². The van der Waals surface area contributed by atoms with Crippen molar-refractivity contribution in [3.05, 3.63) is 27.5 Å². The Morgan fingerprint density at radius 2 is 1.94 bits per heavy atom. The van der Waals surface area contributed by atoms with Crippen LogP contribution in [-0.2, 0) is 14.8 Å². The highest BCUT2D eigenvalue weighted by Crippen LogP contribution is 2.34. The third-order valence-corrected chi connectivity index (χ3v) is 3.77. The summed E-state index contributed by atoms with van der Waals surface area (Å²) in [6, 6.07) is 0.672. The van der Waals surface area contributed by atoms with Gasteiger partial charge in [0.2, 0.25) is 10.0 Å². The second-order valence-corrected chi connectivity index (χ2v) is 5.15. The van der Waals surface area contributed by atoms with Crippen LogP contribution in [0, 0.1) is 5.82 Å². The zero-order valence-corrected chi connectivity index (χ0v) is 10.7. The van der Waals surface area contributed by atoms with Crippen LogP contribution in [0.3, 0.4) is 0 Å². The lowest BCUT2D eigenvalue weighted by Crippen LogP contribution is -2.16. The molecule has 0 saturated carbocycles. The molecule has 0 bridgehead atoms. The average Bonchev–Trinajstić information content (AvgIpc) is 2.20. The number of hydrogen-bond donors (Lipinski definition) is 1. The molecule has 94 valence electrons. The number of benzene rings is 1. The first-order valence-corrected chi connectivity index (χ1v) is 6.29. The van der Waals surface area contributed by atoms with E-state index in [2.05, 4.69) is 4.74 Å². The number of sulfonamides is 1. The van der Waals surface area contributed by atoms with Gasteiger partial charge in [-0.2, -0.15) is 0 Å². The molecule has 0 unspecified atom stereocenters. The van der Waals surface area contributed by atoms with E-state index in [1.807, 2.05) is 0 Å². The fraction of sp³-hybridized carbons (Fsp3) is 0.125. The maximum Gasteiger partial charge on any atom is 0.339 e. The van der Waals surface area contributed by atoms with Gasteiger partial charge in [0.15, 0.2) is 0 Å². The van der Waals surface area contributed by atoms with Gasteiger partial charge in [0, 0.05) is 0 Å². The average molecular weight is 302 g/mol. The summed E-state index contributed by atoms with van der Waals surface area (Å²) in [5, 5.41) is 3.47. The first-order chi connectivity index (χ1) is 7.70. The Morgan fingerprint density at radius 3 is 2.35 bits per heavy atom. The van der Waals surface area contributed by atoms with Crippen LogP contribution in [0.15, 0.2) is 11.0 Å². The monoisotopic (exact) mass is 301 g/mol. The van der Waals surface area contributed by atoms with E-state index in [1.54, 1.807) is 0 Å². The molecule has 0 aliphatic carbocycles. The number of nitrogens with two attached hydrogens (primary N) is 1. The summed E-state index contributed by atoms with van der Waals surface area (Å²) in [4.78, 5) is 10.4. The van der Waals surface area contributed by atoms with Crippen LogP contribution >= 0.6 is 23.2 Å². The standard InChI is InChI=1S/C8H6Cl2FNO4S/c1-16-8(13)3-2-4(11)6(10)7(5(3)9)17(12,14)15/h2H,1H3,(H2,12,14,15). The predicted octanol–water partition coefficient (Wildman–Crippen LogP) is 1.57. The quantitative estimate of drug-likeness (QED) is 0.663. The van der Waals surface area contributed by atoms with Gasteiger partial charge >= 0.3 is 5.97 Å². The maximum absolute atomic E-state index is 13.3. The van der Waals surface area contributed by atoms with E-state index in [4.69, 9.17) is 28.3 Å². The number of hydrogen-bond acceptors (Lipinski definition) is 4. The molecule has 0 aliphatic heterocycles. The highest BCUT2D eigenvalue weighted by molar-refractivity contribution is 7.89. The maximum atomic E-state index is 13.3. The second-order valence-electron chi connectivity index (χ2n) is 2.90. The van der Waals surface area contributed by atoms with Crippen LogP contribution in [0.2, 0.25) is 10.0 Å². The molecule has 0 aromatic heterocycles. The number of methoxy groups -OCH3 is 1. The summed E-state index contributed by atoms with van der Waals surface area (Å²) < 4.78 is 40.0. The van der Waals surface area contributed by atoms with Crippen LogP contribution in [0.5, 0.6) is 0 Å². The molecule has 0 atom stereocenters. The van der Waals surface area contributed by atoms with Gasteiger partial charge in [-0.15, -0.1) is 0 Å². The van der Waals surface area contributed by atoms with Crippen LogP contribution in [0.25, 0.3) is 0 Å². The van der Waals surface area contributed by atoms with Gasteiger partial charge in [-0.1, -0.05) is 23.2 Å². The largest absolute Gasteiger partial charge is 0.465 e. The van der Waals surface area contributed by atoms with E-state index in [-0.39, 0.29) is 0 Å². The van der Waals surface area contributed by atoms with Crippen molar-refractivity contribution in [1.82, 2.24) is 0 Å². The number of primary sulfonamides is 1. The van der Waals surface area contributed by atoms with Crippen molar-refractivity contribution in [3.8, 4) is 0 Å². The molecule has 0 fully saturated rings. The van der Waals surface area contributed by atoms with Crippen molar-refractivity contribution < 1.29 is 22.3 Å². The SMILES string of the molecule is COC(=O)c1cc(F)c(Cl)c(S(N)(=O)=O)c1Cl. The van der Waals surface area contributed by atoms with Gasteiger partial charge in [-0.25, -0.2) is 22.7 Å². The molecular formula is C8H6Cl2FNO4S. The minimum atomic E-state index is -4.36. The Morgan fingerprint density at radius 1 is 1.41 bits per heavy atom. The summed E-state index contributed by atoms with van der Waals surface area (Å²) in [5.41, 5.74) is -0.472. The van der Waals surface area contributed by atoms with Gasteiger partial charge in [0.05, 0.1) is 22.7 Å². The third-order valence-electron chi connectivity index (χ3n) is 1.81. The molecule has 0 heterocycles. The molecule has 17 heavy (non-hydrogen) atoms. The van der Waals surface area contributed by atoms with Crippen LogP contribution in [0.4, 0.5) is 4.39 Å².